The van der Waals surface area contributed by atoms with E-state index < -0.39 is 11.8 Å². The summed E-state index contributed by atoms with van der Waals surface area (Å²) in [6.07, 6.45) is 4.04. The first-order chi connectivity index (χ1) is 8.61. The summed E-state index contributed by atoms with van der Waals surface area (Å²) in [7, 11) is 0. The molecule has 0 radical (unpaired) electrons. The highest BCUT2D eigenvalue weighted by Crippen LogP contribution is 2.14. The van der Waals surface area contributed by atoms with Gasteiger partial charge in [0.15, 0.2) is 0 Å². The van der Waals surface area contributed by atoms with Crippen LogP contribution in [0.25, 0.3) is 0 Å². The summed E-state index contributed by atoms with van der Waals surface area (Å²) < 4.78 is 15.2. The number of aromatic nitrogens is 2. The topological polar surface area (TPSA) is 55.1 Å². The third-order valence-electron chi connectivity index (χ3n) is 2.77. The minimum absolute atomic E-state index is 0.304. The smallest absolute Gasteiger partial charge is 0.338 e. The summed E-state index contributed by atoms with van der Waals surface area (Å²) in [5, 5.41) is 8.86. The number of benzene rings is 1. The molecule has 0 spiro atoms. The highest BCUT2D eigenvalue weighted by molar-refractivity contribution is 5.88. The average Bonchev–Trinajstić information content (AvgIpc) is 2.78. The number of aromatic carboxylic acids is 1. The number of rotatable bonds is 4. The molecule has 1 aromatic carbocycles. The third kappa shape index (κ3) is 2.40. The fourth-order valence-corrected chi connectivity index (χ4v) is 1.82. The van der Waals surface area contributed by atoms with Gasteiger partial charge in [0.05, 0.1) is 5.56 Å². The van der Waals surface area contributed by atoms with E-state index >= 15 is 0 Å². The summed E-state index contributed by atoms with van der Waals surface area (Å²) in [5.41, 5.74) is 0.428. The number of carboxylic acid groups (broad SMARTS) is 1. The zero-order valence-electron chi connectivity index (χ0n) is 9.93. The van der Waals surface area contributed by atoms with Crippen LogP contribution in [0.1, 0.15) is 28.7 Å². The number of hydrogen-bond acceptors (Lipinski definition) is 2. The lowest BCUT2D eigenvalue weighted by atomic mass is 10.1. The van der Waals surface area contributed by atoms with Gasteiger partial charge >= 0.3 is 5.97 Å². The van der Waals surface area contributed by atoms with E-state index in [1.165, 1.54) is 12.1 Å². The van der Waals surface area contributed by atoms with Crippen LogP contribution in [0.4, 0.5) is 4.39 Å². The number of nitrogens with zero attached hydrogens (tertiary/aromatic N) is 2. The van der Waals surface area contributed by atoms with Crippen molar-refractivity contribution in [1.29, 1.82) is 0 Å². The van der Waals surface area contributed by atoms with Crippen LogP contribution < -0.4 is 0 Å². The Labute approximate surface area is 104 Å². The molecular formula is C13H13FN2O2. The van der Waals surface area contributed by atoms with Crippen LogP contribution >= 0.6 is 0 Å². The van der Waals surface area contributed by atoms with Crippen LogP contribution in [0.3, 0.4) is 0 Å². The Kier molecular flexibility index (Phi) is 3.41. The first kappa shape index (κ1) is 12.3. The van der Waals surface area contributed by atoms with Gasteiger partial charge < -0.3 is 9.67 Å². The molecule has 1 heterocycles. The van der Waals surface area contributed by atoms with Crippen molar-refractivity contribution in [2.45, 2.75) is 19.9 Å². The van der Waals surface area contributed by atoms with Crippen LogP contribution in [0.2, 0.25) is 0 Å². The molecule has 2 rings (SSSR count). The summed E-state index contributed by atoms with van der Waals surface area (Å²) in [6, 6.07) is 4.11. The normalized spacial score (nSPS) is 10.6. The Morgan fingerprint density at radius 1 is 1.50 bits per heavy atom. The van der Waals surface area contributed by atoms with Crippen LogP contribution in [0.5, 0.6) is 0 Å². The van der Waals surface area contributed by atoms with E-state index in [1.54, 1.807) is 12.3 Å². The van der Waals surface area contributed by atoms with Gasteiger partial charge in [0.2, 0.25) is 0 Å². The predicted octanol–water partition coefficient (Wildman–Crippen LogP) is 2.33. The van der Waals surface area contributed by atoms with Crippen LogP contribution in [0.15, 0.2) is 30.6 Å². The summed E-state index contributed by atoms with van der Waals surface area (Å²) in [4.78, 5) is 15.0. The fourth-order valence-electron chi connectivity index (χ4n) is 1.82. The number of hydrogen-bond donors (Lipinski definition) is 1. The average molecular weight is 248 g/mol. The highest BCUT2D eigenvalue weighted by Gasteiger charge is 2.12. The van der Waals surface area contributed by atoms with Gasteiger partial charge in [-0.3, -0.25) is 0 Å². The molecule has 4 nitrogen and oxygen atoms in total. The molecule has 1 N–H and O–H groups in total. The van der Waals surface area contributed by atoms with Crippen molar-refractivity contribution in [3.05, 3.63) is 53.4 Å². The molecule has 0 amide bonds. The number of carbonyl (C=O) groups is 1. The SMILES string of the molecule is CCn1ccnc1Cc1ccc(F)c(C(=O)O)c1. The van der Waals surface area contributed by atoms with Crippen molar-refractivity contribution < 1.29 is 14.3 Å². The molecule has 5 heteroatoms. The molecule has 94 valence electrons. The Morgan fingerprint density at radius 3 is 2.94 bits per heavy atom. The maximum Gasteiger partial charge on any atom is 0.338 e. The minimum Gasteiger partial charge on any atom is -0.478 e. The van der Waals surface area contributed by atoms with Crippen molar-refractivity contribution in [3.63, 3.8) is 0 Å². The number of halogens is 1. The molecule has 0 aliphatic carbocycles. The third-order valence-corrected chi connectivity index (χ3v) is 2.77. The number of aryl methyl sites for hydroxylation is 1. The monoisotopic (exact) mass is 248 g/mol. The second kappa shape index (κ2) is 5.00. The van der Waals surface area contributed by atoms with Gasteiger partial charge in [-0.15, -0.1) is 0 Å². The molecule has 0 aliphatic heterocycles. The van der Waals surface area contributed by atoms with Gasteiger partial charge in [0, 0.05) is 25.4 Å². The van der Waals surface area contributed by atoms with Crippen molar-refractivity contribution in [1.82, 2.24) is 9.55 Å². The van der Waals surface area contributed by atoms with Crippen LogP contribution in [0, 0.1) is 5.82 Å². The van der Waals surface area contributed by atoms with E-state index in [0.717, 1.165) is 17.9 Å². The Bertz CT molecular complexity index is 578. The second-order valence-corrected chi connectivity index (χ2v) is 3.93. The zero-order valence-corrected chi connectivity index (χ0v) is 9.93. The number of carboxylic acids is 1. The molecule has 0 saturated carbocycles. The summed E-state index contributed by atoms with van der Waals surface area (Å²) in [6.45, 7) is 2.79. The molecular weight excluding hydrogens is 235 g/mol. The first-order valence-corrected chi connectivity index (χ1v) is 5.63. The van der Waals surface area contributed by atoms with Gasteiger partial charge in [0.1, 0.15) is 11.6 Å². The second-order valence-electron chi connectivity index (χ2n) is 3.93. The molecule has 1 aromatic heterocycles. The lowest BCUT2D eigenvalue weighted by Crippen LogP contribution is -2.05. The Hall–Kier alpha value is -2.17. The standard InChI is InChI=1S/C13H13FN2O2/c1-2-16-6-5-15-12(16)8-9-3-4-11(14)10(7-9)13(17)18/h3-7H,2,8H2,1H3,(H,17,18). The van der Waals surface area contributed by atoms with Crippen molar-refractivity contribution >= 4 is 5.97 Å². The van der Waals surface area contributed by atoms with Crippen LogP contribution in [-0.4, -0.2) is 20.6 Å². The van der Waals surface area contributed by atoms with Crippen LogP contribution in [-0.2, 0) is 13.0 Å². The predicted molar refractivity (Wildman–Crippen MR) is 64.1 cm³/mol. The Morgan fingerprint density at radius 2 is 2.28 bits per heavy atom. The maximum atomic E-state index is 13.2. The molecule has 0 saturated heterocycles. The fraction of sp³-hybridized carbons (Fsp3) is 0.231. The van der Waals surface area contributed by atoms with Gasteiger partial charge in [-0.2, -0.15) is 0 Å². The van der Waals surface area contributed by atoms with Gasteiger partial charge in [0.25, 0.3) is 0 Å². The van der Waals surface area contributed by atoms with E-state index in [9.17, 15) is 9.18 Å². The quantitative estimate of drug-likeness (QED) is 0.903. The largest absolute Gasteiger partial charge is 0.478 e. The van der Waals surface area contributed by atoms with E-state index in [4.69, 9.17) is 5.11 Å². The van der Waals surface area contributed by atoms with E-state index in [1.807, 2.05) is 17.7 Å². The van der Waals surface area contributed by atoms with Gasteiger partial charge in [-0.05, 0) is 24.6 Å². The van der Waals surface area contributed by atoms with Gasteiger partial charge in [-0.25, -0.2) is 14.2 Å². The molecule has 0 fully saturated rings. The van der Waals surface area contributed by atoms with Crippen molar-refractivity contribution in [2.75, 3.05) is 0 Å². The first-order valence-electron chi connectivity index (χ1n) is 5.63. The lowest BCUT2D eigenvalue weighted by Gasteiger charge is -2.06. The molecule has 0 bridgehead atoms. The van der Waals surface area contributed by atoms with Crippen molar-refractivity contribution in [3.8, 4) is 0 Å². The molecule has 0 unspecified atom stereocenters. The Balaban J connectivity index is 2.30. The highest BCUT2D eigenvalue weighted by atomic mass is 19.1. The summed E-state index contributed by atoms with van der Waals surface area (Å²) in [5.74, 6) is -1.14. The lowest BCUT2D eigenvalue weighted by molar-refractivity contribution is 0.0691. The molecule has 18 heavy (non-hydrogen) atoms. The van der Waals surface area contributed by atoms with Crippen molar-refractivity contribution in [2.24, 2.45) is 0 Å². The number of imidazole rings is 1. The minimum atomic E-state index is -1.26. The molecule has 0 aliphatic rings. The molecule has 2 aromatic rings. The maximum absolute atomic E-state index is 13.2. The van der Waals surface area contributed by atoms with Gasteiger partial charge in [-0.1, -0.05) is 6.07 Å². The zero-order chi connectivity index (χ0) is 13.1. The van der Waals surface area contributed by atoms with E-state index in [0.29, 0.717) is 6.42 Å². The van der Waals surface area contributed by atoms with E-state index in [-0.39, 0.29) is 5.56 Å². The summed E-state index contributed by atoms with van der Waals surface area (Å²) >= 11 is 0. The molecule has 0 atom stereocenters. The van der Waals surface area contributed by atoms with E-state index in [2.05, 4.69) is 4.98 Å².